The molecule has 1 aromatic heterocycles. The highest BCUT2D eigenvalue weighted by Crippen LogP contribution is 2.30. The van der Waals surface area contributed by atoms with E-state index >= 15 is 0 Å². The minimum absolute atomic E-state index is 0.100. The summed E-state index contributed by atoms with van der Waals surface area (Å²) < 4.78 is 6.45. The molecule has 1 amide bonds. The van der Waals surface area contributed by atoms with Gasteiger partial charge in [-0.05, 0) is 55.3 Å². The Balaban J connectivity index is 1.65. The fourth-order valence-corrected chi connectivity index (χ4v) is 3.35. The number of nitrogens with zero attached hydrogens (tertiary/aromatic N) is 1. The number of amides is 1. The van der Waals surface area contributed by atoms with Gasteiger partial charge in [0, 0.05) is 10.0 Å². The standard InChI is InChI=1S/C17H14Cl2N2O2S/c1-9-5-11(3-4-12(9)18)23-8-16(22)21-17-20-14-7-13(19)10(2)6-15(14)24-17/h3-7H,8H2,1-2H3,(H,20,21,22). The zero-order chi connectivity index (χ0) is 17.3. The van der Waals surface area contributed by atoms with Crippen LogP contribution in [0, 0.1) is 13.8 Å². The number of anilines is 1. The molecule has 0 bridgehead atoms. The number of carbonyl (C=O) groups is 1. The molecule has 0 spiro atoms. The Bertz CT molecular complexity index is 885. The molecule has 0 saturated carbocycles. The Hall–Kier alpha value is -1.82. The van der Waals surface area contributed by atoms with E-state index in [4.69, 9.17) is 27.9 Å². The van der Waals surface area contributed by atoms with Crippen molar-refractivity contribution in [3.8, 4) is 5.75 Å². The van der Waals surface area contributed by atoms with Gasteiger partial charge in [0.15, 0.2) is 11.7 Å². The van der Waals surface area contributed by atoms with Crippen molar-refractivity contribution in [1.82, 2.24) is 4.98 Å². The van der Waals surface area contributed by atoms with Crippen LogP contribution < -0.4 is 10.1 Å². The molecule has 1 heterocycles. The van der Waals surface area contributed by atoms with Crippen LogP contribution in [0.25, 0.3) is 10.2 Å². The zero-order valence-electron chi connectivity index (χ0n) is 13.0. The zero-order valence-corrected chi connectivity index (χ0v) is 15.4. The summed E-state index contributed by atoms with van der Waals surface area (Å²) in [4.78, 5) is 16.4. The maximum atomic E-state index is 12.0. The first-order valence-corrected chi connectivity index (χ1v) is 8.75. The number of rotatable bonds is 4. The van der Waals surface area contributed by atoms with Crippen molar-refractivity contribution in [2.75, 3.05) is 11.9 Å². The van der Waals surface area contributed by atoms with Crippen molar-refractivity contribution in [2.24, 2.45) is 0 Å². The van der Waals surface area contributed by atoms with Crippen LogP contribution in [0.15, 0.2) is 30.3 Å². The maximum absolute atomic E-state index is 12.0. The summed E-state index contributed by atoms with van der Waals surface area (Å²) in [5.74, 6) is 0.322. The number of ether oxygens (including phenoxy) is 1. The third-order valence-electron chi connectivity index (χ3n) is 3.41. The molecule has 3 rings (SSSR count). The largest absolute Gasteiger partial charge is 0.484 e. The number of fused-ring (bicyclic) bond motifs is 1. The summed E-state index contributed by atoms with van der Waals surface area (Å²) in [6, 6.07) is 9.01. The van der Waals surface area contributed by atoms with Crippen molar-refractivity contribution in [3.63, 3.8) is 0 Å². The summed E-state index contributed by atoms with van der Waals surface area (Å²) in [5, 5.41) is 4.58. The third-order valence-corrected chi connectivity index (χ3v) is 5.18. The van der Waals surface area contributed by atoms with Crippen LogP contribution in [-0.2, 0) is 4.79 Å². The lowest BCUT2D eigenvalue weighted by molar-refractivity contribution is -0.118. The molecule has 2 aromatic carbocycles. The first-order chi connectivity index (χ1) is 11.4. The van der Waals surface area contributed by atoms with Crippen LogP contribution in [0.4, 0.5) is 5.13 Å². The van der Waals surface area contributed by atoms with Crippen LogP contribution in [-0.4, -0.2) is 17.5 Å². The smallest absolute Gasteiger partial charge is 0.264 e. The van der Waals surface area contributed by atoms with Gasteiger partial charge in [0.2, 0.25) is 0 Å². The summed E-state index contributed by atoms with van der Waals surface area (Å²) >= 11 is 13.5. The highest BCUT2D eigenvalue weighted by molar-refractivity contribution is 7.22. The van der Waals surface area contributed by atoms with Gasteiger partial charge in [-0.25, -0.2) is 4.98 Å². The number of aromatic nitrogens is 1. The van der Waals surface area contributed by atoms with Crippen LogP contribution in [0.2, 0.25) is 10.0 Å². The van der Waals surface area contributed by atoms with Gasteiger partial charge in [-0.1, -0.05) is 34.5 Å². The maximum Gasteiger partial charge on any atom is 0.264 e. The molecule has 0 aliphatic heterocycles. The van der Waals surface area contributed by atoms with Gasteiger partial charge in [-0.3, -0.25) is 10.1 Å². The second-order valence-corrected chi connectivity index (χ2v) is 7.18. The SMILES string of the molecule is Cc1cc(OCC(=O)Nc2nc3cc(Cl)c(C)cc3s2)ccc1Cl. The molecule has 1 N–H and O–H groups in total. The summed E-state index contributed by atoms with van der Waals surface area (Å²) in [6.07, 6.45) is 0. The highest BCUT2D eigenvalue weighted by atomic mass is 35.5. The van der Waals surface area contributed by atoms with E-state index in [-0.39, 0.29) is 12.5 Å². The van der Waals surface area contributed by atoms with Crippen molar-refractivity contribution < 1.29 is 9.53 Å². The summed E-state index contributed by atoms with van der Waals surface area (Å²) in [6.45, 7) is 3.71. The lowest BCUT2D eigenvalue weighted by Gasteiger charge is -2.07. The topological polar surface area (TPSA) is 51.2 Å². The molecule has 24 heavy (non-hydrogen) atoms. The van der Waals surface area contributed by atoms with E-state index in [1.807, 2.05) is 19.9 Å². The number of thiazole rings is 1. The number of hydrogen-bond donors (Lipinski definition) is 1. The molecule has 124 valence electrons. The molecule has 0 unspecified atom stereocenters. The first-order valence-electron chi connectivity index (χ1n) is 7.18. The average Bonchev–Trinajstić information content (AvgIpc) is 2.90. The van der Waals surface area contributed by atoms with Gasteiger partial charge in [0.25, 0.3) is 5.91 Å². The van der Waals surface area contributed by atoms with Gasteiger partial charge in [0.05, 0.1) is 10.2 Å². The molecule has 0 atom stereocenters. The number of hydrogen-bond acceptors (Lipinski definition) is 4. The predicted octanol–water partition coefficient (Wildman–Crippen LogP) is 5.24. The van der Waals surface area contributed by atoms with Crippen molar-refractivity contribution in [1.29, 1.82) is 0 Å². The number of halogens is 2. The molecule has 3 aromatic rings. The second-order valence-electron chi connectivity index (χ2n) is 5.34. The van der Waals surface area contributed by atoms with Crippen LogP contribution in [0.5, 0.6) is 5.75 Å². The van der Waals surface area contributed by atoms with E-state index in [1.165, 1.54) is 11.3 Å². The van der Waals surface area contributed by atoms with Crippen molar-refractivity contribution >= 4 is 55.8 Å². The minimum atomic E-state index is -0.274. The van der Waals surface area contributed by atoms with Crippen molar-refractivity contribution in [2.45, 2.75) is 13.8 Å². The van der Waals surface area contributed by atoms with Gasteiger partial charge < -0.3 is 4.74 Å². The predicted molar refractivity (Wildman–Crippen MR) is 99.7 cm³/mol. The average molecular weight is 381 g/mol. The van der Waals surface area contributed by atoms with E-state index in [0.29, 0.717) is 20.9 Å². The fourth-order valence-electron chi connectivity index (χ4n) is 2.11. The number of nitrogens with one attached hydrogen (secondary N) is 1. The molecule has 4 nitrogen and oxygen atoms in total. The Morgan fingerprint density at radius 3 is 2.67 bits per heavy atom. The molecule has 0 saturated heterocycles. The fraction of sp³-hybridized carbons (Fsp3) is 0.176. The lowest BCUT2D eigenvalue weighted by atomic mass is 10.2. The lowest BCUT2D eigenvalue weighted by Crippen LogP contribution is -2.20. The third kappa shape index (κ3) is 3.80. The number of carbonyl (C=O) groups excluding carboxylic acids is 1. The van der Waals surface area contributed by atoms with Gasteiger partial charge in [-0.2, -0.15) is 0 Å². The van der Waals surface area contributed by atoms with E-state index in [2.05, 4.69) is 10.3 Å². The number of benzene rings is 2. The van der Waals surface area contributed by atoms with E-state index < -0.39 is 0 Å². The number of aryl methyl sites for hydroxylation is 2. The summed E-state index contributed by atoms with van der Waals surface area (Å²) in [7, 11) is 0. The Labute approximate surface area is 153 Å². The highest BCUT2D eigenvalue weighted by Gasteiger charge is 2.10. The quantitative estimate of drug-likeness (QED) is 0.673. The van der Waals surface area contributed by atoms with Gasteiger partial charge >= 0.3 is 0 Å². The van der Waals surface area contributed by atoms with E-state index in [1.54, 1.807) is 24.3 Å². The Kier molecular flexibility index (Phi) is 4.94. The molecule has 0 radical (unpaired) electrons. The Morgan fingerprint density at radius 2 is 1.92 bits per heavy atom. The van der Waals surface area contributed by atoms with E-state index in [0.717, 1.165) is 21.3 Å². The van der Waals surface area contributed by atoms with E-state index in [9.17, 15) is 4.79 Å². The second kappa shape index (κ2) is 6.97. The van der Waals surface area contributed by atoms with Gasteiger partial charge in [-0.15, -0.1) is 0 Å². The van der Waals surface area contributed by atoms with Crippen molar-refractivity contribution in [3.05, 3.63) is 51.5 Å². The summed E-state index contributed by atoms with van der Waals surface area (Å²) in [5.41, 5.74) is 2.64. The van der Waals surface area contributed by atoms with Crippen LogP contribution in [0.3, 0.4) is 0 Å². The molecular formula is C17H14Cl2N2O2S. The molecular weight excluding hydrogens is 367 g/mol. The monoisotopic (exact) mass is 380 g/mol. The Morgan fingerprint density at radius 1 is 1.17 bits per heavy atom. The minimum Gasteiger partial charge on any atom is -0.484 e. The molecule has 0 aliphatic rings. The van der Waals surface area contributed by atoms with Crippen LogP contribution >= 0.6 is 34.5 Å². The normalized spacial score (nSPS) is 10.8. The molecule has 7 heteroatoms. The van der Waals surface area contributed by atoms with Gasteiger partial charge in [0.1, 0.15) is 5.75 Å². The molecule has 0 fully saturated rings. The molecule has 0 aliphatic carbocycles. The first kappa shape index (κ1) is 17.0. The van der Waals surface area contributed by atoms with Crippen LogP contribution in [0.1, 0.15) is 11.1 Å².